The van der Waals surface area contributed by atoms with Crippen molar-refractivity contribution in [2.45, 2.75) is 12.8 Å². The lowest BCUT2D eigenvalue weighted by Crippen LogP contribution is -2.31. The Balaban J connectivity index is 2.51. The summed E-state index contributed by atoms with van der Waals surface area (Å²) in [5.41, 5.74) is 0.915. The van der Waals surface area contributed by atoms with Gasteiger partial charge in [0.05, 0.1) is 0 Å². The Morgan fingerprint density at radius 3 is 2.42 bits per heavy atom. The Hall–Kier alpha value is -1.37. The third kappa shape index (κ3) is 5.02. The van der Waals surface area contributed by atoms with Gasteiger partial charge in [-0.3, -0.25) is 4.79 Å². The summed E-state index contributed by atoms with van der Waals surface area (Å²) in [7, 11) is 1.91. The number of ether oxygens (including phenoxy) is 1. The topological polar surface area (TPSA) is 70.0 Å². The highest BCUT2D eigenvalue weighted by molar-refractivity contribution is 6.58. The quantitative estimate of drug-likeness (QED) is 0.532. The van der Waals surface area contributed by atoms with Crippen LogP contribution < -0.4 is 5.46 Å². The van der Waals surface area contributed by atoms with E-state index in [4.69, 9.17) is 14.8 Å². The van der Waals surface area contributed by atoms with Gasteiger partial charge in [0.15, 0.2) is 0 Å². The van der Waals surface area contributed by atoms with Crippen LogP contribution in [0.15, 0.2) is 24.3 Å². The summed E-state index contributed by atoms with van der Waals surface area (Å²) >= 11 is 0. The molecule has 0 aliphatic heterocycles. The molecule has 1 amide bonds. The van der Waals surface area contributed by atoms with Gasteiger partial charge in [0.25, 0.3) is 5.91 Å². The molecule has 1 aromatic rings. The maximum Gasteiger partial charge on any atom is 0.488 e. The molecule has 0 radical (unpaired) electrons. The largest absolute Gasteiger partial charge is 0.488 e. The van der Waals surface area contributed by atoms with Crippen LogP contribution in [-0.2, 0) is 4.74 Å². The minimum Gasteiger partial charge on any atom is -0.423 e. The average Bonchev–Trinajstić information content (AvgIpc) is 2.42. The third-order valence-electron chi connectivity index (χ3n) is 2.89. The maximum absolute atomic E-state index is 12.1. The number of hydrogen-bond acceptors (Lipinski definition) is 4. The van der Waals surface area contributed by atoms with Gasteiger partial charge < -0.3 is 19.7 Å². The molecule has 1 rings (SSSR count). The summed E-state index contributed by atoms with van der Waals surface area (Å²) in [5.74, 6) is -0.0728. The van der Waals surface area contributed by atoms with Crippen LogP contribution in [0.25, 0.3) is 0 Å². The van der Waals surface area contributed by atoms with Crippen molar-refractivity contribution < 1.29 is 19.6 Å². The van der Waals surface area contributed by atoms with E-state index in [1.54, 1.807) is 31.2 Å². The van der Waals surface area contributed by atoms with Gasteiger partial charge >= 0.3 is 7.12 Å². The molecular weight excluding hydrogens is 245 g/mol. The number of benzene rings is 1. The summed E-state index contributed by atoms with van der Waals surface area (Å²) in [6.45, 7) is 1.37. The van der Waals surface area contributed by atoms with Gasteiger partial charge in [0.2, 0.25) is 0 Å². The second kappa shape index (κ2) is 7.94. The van der Waals surface area contributed by atoms with Crippen LogP contribution >= 0.6 is 0 Å². The molecule has 0 saturated heterocycles. The molecule has 0 aliphatic carbocycles. The molecule has 0 bridgehead atoms. The van der Waals surface area contributed by atoms with Crippen molar-refractivity contribution >= 4 is 18.5 Å². The van der Waals surface area contributed by atoms with Crippen LogP contribution in [0.2, 0.25) is 0 Å². The van der Waals surface area contributed by atoms with E-state index in [1.165, 1.54) is 12.1 Å². The van der Waals surface area contributed by atoms with Crippen molar-refractivity contribution in [1.29, 1.82) is 0 Å². The van der Waals surface area contributed by atoms with Crippen molar-refractivity contribution in [3.05, 3.63) is 29.8 Å². The van der Waals surface area contributed by atoms with E-state index in [0.717, 1.165) is 12.8 Å². The Morgan fingerprint density at radius 1 is 1.26 bits per heavy atom. The number of amides is 1. The number of unbranched alkanes of at least 4 members (excludes halogenated alkanes) is 1. The van der Waals surface area contributed by atoms with Crippen molar-refractivity contribution in [2.75, 3.05) is 27.3 Å². The second-order valence-electron chi connectivity index (χ2n) is 4.42. The smallest absolute Gasteiger partial charge is 0.423 e. The van der Waals surface area contributed by atoms with E-state index in [-0.39, 0.29) is 5.91 Å². The molecule has 0 atom stereocenters. The number of hydrogen-bond donors (Lipinski definition) is 2. The first-order valence-corrected chi connectivity index (χ1v) is 6.26. The highest BCUT2D eigenvalue weighted by Crippen LogP contribution is 2.04. The van der Waals surface area contributed by atoms with E-state index < -0.39 is 7.12 Å². The summed E-state index contributed by atoms with van der Waals surface area (Å²) in [6.07, 6.45) is 1.81. The molecule has 1 aromatic carbocycles. The van der Waals surface area contributed by atoms with E-state index in [0.29, 0.717) is 24.2 Å². The first-order valence-electron chi connectivity index (χ1n) is 6.26. The van der Waals surface area contributed by atoms with Gasteiger partial charge in [-0.05, 0) is 30.4 Å². The van der Waals surface area contributed by atoms with Crippen LogP contribution in [-0.4, -0.2) is 55.3 Å². The van der Waals surface area contributed by atoms with Gasteiger partial charge in [0, 0.05) is 32.9 Å². The molecule has 19 heavy (non-hydrogen) atoms. The molecule has 0 fully saturated rings. The average molecular weight is 265 g/mol. The van der Waals surface area contributed by atoms with Crippen molar-refractivity contribution in [2.24, 2.45) is 0 Å². The first-order chi connectivity index (χ1) is 9.06. The maximum atomic E-state index is 12.1. The summed E-state index contributed by atoms with van der Waals surface area (Å²) in [6, 6.07) is 6.28. The van der Waals surface area contributed by atoms with Gasteiger partial charge in [-0.15, -0.1) is 0 Å². The SMILES string of the molecule is COCCCCN(C)C(=O)c1ccc(B(O)O)cc1. The summed E-state index contributed by atoms with van der Waals surface area (Å²) in [5, 5.41) is 18.0. The molecule has 0 unspecified atom stereocenters. The van der Waals surface area contributed by atoms with Crippen LogP contribution in [0, 0.1) is 0 Å². The van der Waals surface area contributed by atoms with Crippen molar-refractivity contribution in [3.8, 4) is 0 Å². The zero-order valence-corrected chi connectivity index (χ0v) is 11.4. The van der Waals surface area contributed by atoms with E-state index in [9.17, 15) is 4.79 Å². The molecular formula is C13H20BNO4. The van der Waals surface area contributed by atoms with Gasteiger partial charge in [-0.25, -0.2) is 0 Å². The van der Waals surface area contributed by atoms with Gasteiger partial charge in [-0.2, -0.15) is 0 Å². The minimum atomic E-state index is -1.50. The summed E-state index contributed by atoms with van der Waals surface area (Å²) < 4.78 is 4.95. The fourth-order valence-corrected chi connectivity index (χ4v) is 1.72. The monoisotopic (exact) mass is 265 g/mol. The summed E-state index contributed by atoms with van der Waals surface area (Å²) in [4.78, 5) is 13.7. The number of rotatable bonds is 7. The number of methoxy groups -OCH3 is 1. The van der Waals surface area contributed by atoms with Crippen molar-refractivity contribution in [3.63, 3.8) is 0 Å². The standard InChI is InChI=1S/C13H20BNO4/c1-15(9-3-4-10-19-2)13(16)11-5-7-12(8-6-11)14(17)18/h5-8,17-18H,3-4,9-10H2,1-2H3. The van der Waals surface area contributed by atoms with E-state index >= 15 is 0 Å². The Labute approximate surface area is 114 Å². The molecule has 5 nitrogen and oxygen atoms in total. The molecule has 0 heterocycles. The molecule has 104 valence electrons. The molecule has 2 N–H and O–H groups in total. The molecule has 0 aliphatic rings. The number of carbonyl (C=O) groups is 1. The van der Waals surface area contributed by atoms with E-state index in [1.807, 2.05) is 0 Å². The minimum absolute atomic E-state index is 0.0728. The molecule has 0 aromatic heterocycles. The lowest BCUT2D eigenvalue weighted by Gasteiger charge is -2.17. The number of carbonyl (C=O) groups excluding carboxylic acids is 1. The first kappa shape index (κ1) is 15.7. The molecule has 6 heteroatoms. The van der Waals surface area contributed by atoms with Crippen LogP contribution in [0.3, 0.4) is 0 Å². The van der Waals surface area contributed by atoms with Crippen LogP contribution in [0.5, 0.6) is 0 Å². The highest BCUT2D eigenvalue weighted by Gasteiger charge is 2.14. The molecule has 0 saturated carbocycles. The fourth-order valence-electron chi connectivity index (χ4n) is 1.72. The lowest BCUT2D eigenvalue weighted by atomic mass is 9.80. The predicted octanol–water partition coefficient (Wildman–Crippen LogP) is -0.135. The zero-order chi connectivity index (χ0) is 14.3. The molecule has 0 spiro atoms. The Bertz CT molecular complexity index is 394. The van der Waals surface area contributed by atoms with Crippen LogP contribution in [0.1, 0.15) is 23.2 Å². The normalized spacial score (nSPS) is 10.3. The number of nitrogens with zero attached hydrogens (tertiary/aromatic N) is 1. The zero-order valence-electron chi connectivity index (χ0n) is 11.4. The fraction of sp³-hybridized carbons (Fsp3) is 0.462. The van der Waals surface area contributed by atoms with E-state index in [2.05, 4.69) is 0 Å². The third-order valence-corrected chi connectivity index (χ3v) is 2.89. The lowest BCUT2D eigenvalue weighted by molar-refractivity contribution is 0.0788. The van der Waals surface area contributed by atoms with Gasteiger partial charge in [0.1, 0.15) is 0 Å². The predicted molar refractivity (Wildman–Crippen MR) is 74.3 cm³/mol. The Kier molecular flexibility index (Phi) is 6.55. The second-order valence-corrected chi connectivity index (χ2v) is 4.42. The van der Waals surface area contributed by atoms with Crippen molar-refractivity contribution in [1.82, 2.24) is 4.90 Å². The Morgan fingerprint density at radius 2 is 1.89 bits per heavy atom. The highest BCUT2D eigenvalue weighted by atomic mass is 16.5. The van der Waals surface area contributed by atoms with Crippen LogP contribution in [0.4, 0.5) is 0 Å². The van der Waals surface area contributed by atoms with Gasteiger partial charge in [-0.1, -0.05) is 12.1 Å².